The fraction of sp³-hybridized carbons (Fsp3) is 0.615. The number of allylic oxidation sites excluding steroid dienone is 2. The number of rotatable bonds is 10. The van der Waals surface area contributed by atoms with Crippen LogP contribution in [0.3, 0.4) is 0 Å². The van der Waals surface area contributed by atoms with Crippen LogP contribution in [0.15, 0.2) is 35.9 Å². The summed E-state index contributed by atoms with van der Waals surface area (Å²) in [6, 6.07) is 3.94. The summed E-state index contributed by atoms with van der Waals surface area (Å²) in [7, 11) is 1.70. The number of phenols is 1. The van der Waals surface area contributed by atoms with Crippen LogP contribution < -0.4 is 0 Å². The van der Waals surface area contributed by atoms with Crippen molar-refractivity contribution >= 4 is 0 Å². The summed E-state index contributed by atoms with van der Waals surface area (Å²) >= 11 is 0. The van der Waals surface area contributed by atoms with E-state index in [0.29, 0.717) is 25.9 Å². The summed E-state index contributed by atoms with van der Waals surface area (Å²) in [5, 5.41) is 11.1. The molecule has 0 heterocycles. The van der Waals surface area contributed by atoms with Crippen molar-refractivity contribution in [2.45, 2.75) is 83.7 Å². The van der Waals surface area contributed by atoms with Crippen molar-refractivity contribution < 1.29 is 23.0 Å². The van der Waals surface area contributed by atoms with Gasteiger partial charge in [0.15, 0.2) is 0 Å². The van der Waals surface area contributed by atoms with Crippen LogP contribution in [-0.2, 0) is 11.2 Å². The van der Waals surface area contributed by atoms with Crippen LogP contribution in [0.5, 0.6) is 5.75 Å². The maximum Gasteiger partial charge on any atom is 0.389 e. The molecule has 174 valence electrons. The molecule has 31 heavy (non-hydrogen) atoms. The number of hydrogen-bond donors (Lipinski definition) is 1. The number of aryl methyl sites for hydroxylation is 1. The van der Waals surface area contributed by atoms with Crippen LogP contribution in [0.25, 0.3) is 0 Å². The number of aromatic hydroxyl groups is 1. The van der Waals surface area contributed by atoms with Crippen molar-refractivity contribution in [3.05, 3.63) is 52.6 Å². The first-order valence-corrected chi connectivity index (χ1v) is 11.3. The van der Waals surface area contributed by atoms with E-state index in [9.17, 15) is 18.3 Å². The Morgan fingerprint density at radius 1 is 1.23 bits per heavy atom. The minimum atomic E-state index is -4.08. The largest absolute Gasteiger partial charge is 0.508 e. The molecular formula is C26H37F3O2. The molecule has 0 aliphatic heterocycles. The third kappa shape index (κ3) is 7.41. The Labute approximate surface area is 185 Å². The van der Waals surface area contributed by atoms with Gasteiger partial charge in [-0.2, -0.15) is 13.2 Å². The van der Waals surface area contributed by atoms with Gasteiger partial charge in [-0.15, -0.1) is 0 Å². The van der Waals surface area contributed by atoms with E-state index >= 15 is 0 Å². The topological polar surface area (TPSA) is 29.5 Å². The standard InChI is InChI=1S/C26H37F3O2/c1-17(2)21-11-10-20(16-31-5)14-23(21)25-22(18(3)4)13-19(15-24(25)30)9-7-6-8-12-26(27,28)29/h13-15,18,21,23,30H,1,6-12,16H2,2-5H3/t21-,23+/m1/s1. The fourth-order valence-electron chi connectivity index (χ4n) is 4.65. The molecule has 5 heteroatoms. The molecule has 2 nitrogen and oxygen atoms in total. The molecule has 1 aliphatic rings. The number of benzene rings is 1. The molecule has 1 aromatic carbocycles. The number of hydrogen-bond acceptors (Lipinski definition) is 2. The van der Waals surface area contributed by atoms with Crippen molar-refractivity contribution in [2.75, 3.05) is 13.7 Å². The predicted molar refractivity (Wildman–Crippen MR) is 121 cm³/mol. The average molecular weight is 439 g/mol. The van der Waals surface area contributed by atoms with E-state index in [2.05, 4.69) is 32.6 Å². The van der Waals surface area contributed by atoms with Crippen molar-refractivity contribution in [3.63, 3.8) is 0 Å². The SMILES string of the molecule is C=C(C)[C@H]1CCC(COC)=C[C@@H]1c1c(O)cc(CCCCCC(F)(F)F)cc1C(C)C. The highest BCUT2D eigenvalue weighted by Gasteiger charge is 2.31. The minimum absolute atomic E-state index is 0.0506. The number of alkyl halides is 3. The van der Waals surface area contributed by atoms with Crippen molar-refractivity contribution in [2.24, 2.45) is 5.92 Å². The Balaban J connectivity index is 2.28. The highest BCUT2D eigenvalue weighted by atomic mass is 19.4. The van der Waals surface area contributed by atoms with Gasteiger partial charge in [0, 0.05) is 25.0 Å². The summed E-state index contributed by atoms with van der Waals surface area (Å²) in [6.07, 6.45) is 1.41. The molecule has 0 saturated heterocycles. The Kier molecular flexibility index (Phi) is 9.23. The van der Waals surface area contributed by atoms with E-state index in [4.69, 9.17) is 4.74 Å². The number of ether oxygens (including phenoxy) is 1. The van der Waals surface area contributed by atoms with Crippen molar-refractivity contribution in [3.8, 4) is 5.75 Å². The van der Waals surface area contributed by atoms with Crippen molar-refractivity contribution in [1.29, 1.82) is 0 Å². The van der Waals surface area contributed by atoms with Gasteiger partial charge in [0.25, 0.3) is 0 Å². The smallest absolute Gasteiger partial charge is 0.389 e. The summed E-state index contributed by atoms with van der Waals surface area (Å²) < 4.78 is 42.4. The first-order chi connectivity index (χ1) is 14.5. The molecular weight excluding hydrogens is 401 g/mol. The third-order valence-corrected chi connectivity index (χ3v) is 6.22. The zero-order chi connectivity index (χ0) is 23.2. The first-order valence-electron chi connectivity index (χ1n) is 11.3. The van der Waals surface area contributed by atoms with Gasteiger partial charge in [-0.1, -0.05) is 44.6 Å². The zero-order valence-corrected chi connectivity index (χ0v) is 19.3. The number of methoxy groups -OCH3 is 1. The molecule has 1 N–H and O–H groups in total. The second kappa shape index (κ2) is 11.2. The maximum absolute atomic E-state index is 12.3. The van der Waals surface area contributed by atoms with E-state index < -0.39 is 12.6 Å². The molecule has 1 aromatic rings. The van der Waals surface area contributed by atoms with E-state index in [0.717, 1.165) is 35.1 Å². The van der Waals surface area contributed by atoms with Gasteiger partial charge in [-0.05, 0) is 73.6 Å². The molecule has 0 amide bonds. The lowest BCUT2D eigenvalue weighted by Gasteiger charge is -2.33. The molecule has 0 saturated carbocycles. The zero-order valence-electron chi connectivity index (χ0n) is 19.3. The van der Waals surface area contributed by atoms with E-state index in [1.807, 2.05) is 6.92 Å². The second-order valence-corrected chi connectivity index (χ2v) is 9.22. The van der Waals surface area contributed by atoms with E-state index in [-0.39, 0.29) is 29.9 Å². The van der Waals surface area contributed by atoms with Gasteiger partial charge in [0.05, 0.1) is 6.61 Å². The summed E-state index contributed by atoms with van der Waals surface area (Å²) in [4.78, 5) is 0. The molecule has 0 spiro atoms. The Morgan fingerprint density at radius 2 is 1.94 bits per heavy atom. The Morgan fingerprint density at radius 3 is 2.52 bits per heavy atom. The lowest BCUT2D eigenvalue weighted by Crippen LogP contribution is -2.20. The lowest BCUT2D eigenvalue weighted by molar-refractivity contribution is -0.135. The van der Waals surface area contributed by atoms with Crippen molar-refractivity contribution in [1.82, 2.24) is 0 Å². The van der Waals surface area contributed by atoms with Gasteiger partial charge < -0.3 is 9.84 Å². The predicted octanol–water partition coefficient (Wildman–Crippen LogP) is 7.82. The fourth-order valence-corrected chi connectivity index (χ4v) is 4.65. The monoisotopic (exact) mass is 438 g/mol. The highest BCUT2D eigenvalue weighted by molar-refractivity contribution is 5.50. The van der Waals surface area contributed by atoms with E-state index in [1.54, 1.807) is 13.2 Å². The molecule has 2 rings (SSSR count). The molecule has 0 unspecified atom stereocenters. The maximum atomic E-state index is 12.3. The van der Waals surface area contributed by atoms with Gasteiger partial charge in [0.1, 0.15) is 5.75 Å². The van der Waals surface area contributed by atoms with Crippen LogP contribution >= 0.6 is 0 Å². The third-order valence-electron chi connectivity index (χ3n) is 6.22. The first kappa shape index (κ1) is 25.5. The minimum Gasteiger partial charge on any atom is -0.508 e. The van der Waals surface area contributed by atoms with Crippen LogP contribution in [0, 0.1) is 5.92 Å². The Hall–Kier alpha value is -1.75. The summed E-state index contributed by atoms with van der Waals surface area (Å²) in [5.74, 6) is 0.813. The van der Waals surface area contributed by atoms with Gasteiger partial charge in [-0.3, -0.25) is 0 Å². The van der Waals surface area contributed by atoms with Crippen LogP contribution in [0.2, 0.25) is 0 Å². The number of unbranched alkanes of at least 4 members (excludes halogenated alkanes) is 2. The number of phenolic OH excluding ortho intramolecular Hbond substituents is 1. The van der Waals surface area contributed by atoms with Gasteiger partial charge in [0.2, 0.25) is 0 Å². The van der Waals surface area contributed by atoms with Gasteiger partial charge in [-0.25, -0.2) is 0 Å². The molecule has 0 radical (unpaired) electrons. The van der Waals surface area contributed by atoms with Crippen LogP contribution in [0.1, 0.15) is 87.8 Å². The average Bonchev–Trinajstić information content (AvgIpc) is 2.66. The summed E-state index contributed by atoms with van der Waals surface area (Å²) in [6.45, 7) is 11.1. The second-order valence-electron chi connectivity index (χ2n) is 9.22. The molecule has 0 fully saturated rings. The highest BCUT2D eigenvalue weighted by Crippen LogP contribution is 2.46. The normalized spacial score (nSPS) is 19.5. The van der Waals surface area contributed by atoms with E-state index in [1.165, 1.54) is 5.57 Å². The molecule has 1 aliphatic carbocycles. The van der Waals surface area contributed by atoms with Crippen LogP contribution in [-0.4, -0.2) is 25.0 Å². The molecule has 2 atom stereocenters. The molecule has 0 aromatic heterocycles. The molecule has 0 bridgehead atoms. The van der Waals surface area contributed by atoms with Gasteiger partial charge >= 0.3 is 6.18 Å². The Bertz CT molecular complexity index is 778. The van der Waals surface area contributed by atoms with Crippen LogP contribution in [0.4, 0.5) is 13.2 Å². The quantitative estimate of drug-likeness (QED) is 0.298. The number of halogens is 3. The lowest BCUT2D eigenvalue weighted by atomic mass is 9.71. The summed E-state index contributed by atoms with van der Waals surface area (Å²) in [5.41, 5.74) is 5.41.